The summed E-state index contributed by atoms with van der Waals surface area (Å²) in [4.78, 5) is 18.6. The molecule has 3 aromatic rings. The van der Waals surface area contributed by atoms with Gasteiger partial charge in [0, 0.05) is 36.1 Å². The zero-order valence-electron chi connectivity index (χ0n) is 16.7. The fourth-order valence-electron chi connectivity index (χ4n) is 3.04. The Hall–Kier alpha value is -3.06. The maximum absolute atomic E-state index is 14.2. The Morgan fingerprint density at radius 2 is 2.13 bits per heavy atom. The molecule has 8 heteroatoms. The number of aryl methyl sites for hydroxylation is 1. The van der Waals surface area contributed by atoms with Crippen LogP contribution in [0.5, 0.6) is 5.75 Å². The minimum Gasteiger partial charge on any atom is -0.494 e. The molecule has 0 aliphatic carbocycles. The first-order valence-electron chi connectivity index (χ1n) is 9.74. The number of nitrogens with zero attached hydrogens (tertiary/aromatic N) is 3. The molecule has 0 aliphatic heterocycles. The van der Waals surface area contributed by atoms with Crippen LogP contribution in [-0.2, 0) is 13.1 Å². The highest BCUT2D eigenvalue weighted by Gasteiger charge is 2.18. The molecule has 0 atom stereocenters. The van der Waals surface area contributed by atoms with Gasteiger partial charge in [0.25, 0.3) is 0 Å². The van der Waals surface area contributed by atoms with Gasteiger partial charge in [-0.2, -0.15) is 0 Å². The van der Waals surface area contributed by atoms with Crippen LogP contribution in [0.2, 0.25) is 5.02 Å². The first-order valence-corrected chi connectivity index (χ1v) is 10.1. The number of anilines is 1. The van der Waals surface area contributed by atoms with Crippen molar-refractivity contribution in [2.75, 3.05) is 18.5 Å². The van der Waals surface area contributed by atoms with E-state index in [9.17, 15) is 9.18 Å². The average molecular weight is 431 g/mol. The lowest BCUT2D eigenvalue weighted by Crippen LogP contribution is -2.36. The van der Waals surface area contributed by atoms with Crippen molar-refractivity contribution in [3.63, 3.8) is 0 Å². The number of rotatable bonds is 9. The maximum atomic E-state index is 14.2. The van der Waals surface area contributed by atoms with Gasteiger partial charge >= 0.3 is 6.03 Å². The molecule has 30 heavy (non-hydrogen) atoms. The normalized spacial score (nSPS) is 10.6. The molecule has 0 aliphatic rings. The predicted octanol–water partition coefficient (Wildman–Crippen LogP) is 5.20. The van der Waals surface area contributed by atoms with Crippen LogP contribution < -0.4 is 10.1 Å². The molecule has 1 heterocycles. The molecule has 158 valence electrons. The fraction of sp³-hybridized carbons (Fsp3) is 0.273. The first-order chi connectivity index (χ1) is 14.6. The van der Waals surface area contributed by atoms with Crippen LogP contribution in [0.1, 0.15) is 18.9 Å². The standard InChI is InChI=1S/C22H24ClFN4O2/c1-2-30-21-7-4-3-6-17(21)15-28(12-5-11-27-13-10-25-16-27)22(29)26-20-9-8-18(23)14-19(20)24/h3-4,6-10,13-14,16H,2,5,11-12,15H2,1H3,(H,26,29). The van der Waals surface area contributed by atoms with E-state index in [4.69, 9.17) is 16.3 Å². The second-order valence-corrected chi connectivity index (χ2v) is 7.11. The minimum absolute atomic E-state index is 0.0853. The topological polar surface area (TPSA) is 59.4 Å². The van der Waals surface area contributed by atoms with Crippen LogP contribution in [0.25, 0.3) is 0 Å². The van der Waals surface area contributed by atoms with E-state index in [2.05, 4.69) is 10.3 Å². The van der Waals surface area contributed by atoms with Crippen molar-refractivity contribution in [1.29, 1.82) is 0 Å². The third kappa shape index (κ3) is 5.97. The number of benzene rings is 2. The fourth-order valence-corrected chi connectivity index (χ4v) is 3.20. The lowest BCUT2D eigenvalue weighted by molar-refractivity contribution is 0.206. The maximum Gasteiger partial charge on any atom is 0.322 e. The number of carbonyl (C=O) groups is 1. The Bertz CT molecular complexity index is 966. The van der Waals surface area contributed by atoms with Gasteiger partial charge in [0.15, 0.2) is 0 Å². The largest absolute Gasteiger partial charge is 0.494 e. The summed E-state index contributed by atoms with van der Waals surface area (Å²) in [6.45, 7) is 3.96. The number of imidazole rings is 1. The number of aromatic nitrogens is 2. The van der Waals surface area contributed by atoms with E-state index in [0.29, 0.717) is 32.7 Å². The molecule has 6 nitrogen and oxygen atoms in total. The molecule has 2 aromatic carbocycles. The number of hydrogen-bond donors (Lipinski definition) is 1. The van der Waals surface area contributed by atoms with Gasteiger partial charge in [-0.25, -0.2) is 14.2 Å². The van der Waals surface area contributed by atoms with Crippen molar-refractivity contribution in [1.82, 2.24) is 14.5 Å². The van der Waals surface area contributed by atoms with Gasteiger partial charge in [0.05, 0.1) is 25.2 Å². The van der Waals surface area contributed by atoms with E-state index in [1.54, 1.807) is 17.4 Å². The van der Waals surface area contributed by atoms with Gasteiger partial charge in [-0.15, -0.1) is 0 Å². The highest BCUT2D eigenvalue weighted by Crippen LogP contribution is 2.22. The summed E-state index contributed by atoms with van der Waals surface area (Å²) >= 11 is 5.80. The van der Waals surface area contributed by atoms with Gasteiger partial charge in [0.2, 0.25) is 0 Å². The van der Waals surface area contributed by atoms with Crippen molar-refractivity contribution < 1.29 is 13.9 Å². The molecule has 2 amide bonds. The van der Waals surface area contributed by atoms with Crippen molar-refractivity contribution in [2.45, 2.75) is 26.4 Å². The molecule has 1 N–H and O–H groups in total. The van der Waals surface area contributed by atoms with Gasteiger partial charge < -0.3 is 19.5 Å². The summed E-state index contributed by atoms with van der Waals surface area (Å²) in [5.74, 6) is 0.147. The molecular formula is C22H24ClFN4O2. The Morgan fingerprint density at radius 3 is 2.87 bits per heavy atom. The van der Waals surface area contributed by atoms with E-state index in [1.165, 1.54) is 18.2 Å². The Labute approximate surface area is 180 Å². The molecule has 3 rings (SSSR count). The molecule has 0 saturated heterocycles. The summed E-state index contributed by atoms with van der Waals surface area (Å²) in [6, 6.07) is 11.3. The predicted molar refractivity (Wildman–Crippen MR) is 115 cm³/mol. The monoisotopic (exact) mass is 430 g/mol. The Balaban J connectivity index is 1.74. The van der Waals surface area contributed by atoms with Gasteiger partial charge in [-0.3, -0.25) is 0 Å². The van der Waals surface area contributed by atoms with E-state index in [0.717, 1.165) is 11.3 Å². The second-order valence-electron chi connectivity index (χ2n) is 6.67. The number of amides is 2. The van der Waals surface area contributed by atoms with Crippen LogP contribution in [0.15, 0.2) is 61.2 Å². The molecule has 0 spiro atoms. The molecule has 0 bridgehead atoms. The van der Waals surface area contributed by atoms with E-state index in [1.807, 2.05) is 42.0 Å². The summed E-state index contributed by atoms with van der Waals surface area (Å²) in [7, 11) is 0. The van der Waals surface area contributed by atoms with Crippen molar-refractivity contribution in [2.24, 2.45) is 0 Å². The van der Waals surface area contributed by atoms with Gasteiger partial charge in [-0.1, -0.05) is 29.8 Å². The number of ether oxygens (including phenoxy) is 1. The summed E-state index contributed by atoms with van der Waals surface area (Å²) in [5.41, 5.74) is 0.968. The number of nitrogens with one attached hydrogen (secondary N) is 1. The molecule has 0 saturated carbocycles. The highest BCUT2D eigenvalue weighted by molar-refractivity contribution is 6.30. The van der Waals surface area contributed by atoms with Crippen molar-refractivity contribution in [3.05, 3.63) is 77.6 Å². The minimum atomic E-state index is -0.580. The van der Waals surface area contributed by atoms with Gasteiger partial charge in [-0.05, 0) is 37.6 Å². The smallest absolute Gasteiger partial charge is 0.322 e. The molecule has 0 unspecified atom stereocenters. The molecule has 0 fully saturated rings. The Morgan fingerprint density at radius 1 is 1.30 bits per heavy atom. The third-order valence-electron chi connectivity index (χ3n) is 4.50. The van der Waals surface area contributed by atoms with Gasteiger partial charge in [0.1, 0.15) is 11.6 Å². The Kier molecular flexibility index (Phi) is 7.68. The lowest BCUT2D eigenvalue weighted by atomic mass is 10.2. The highest BCUT2D eigenvalue weighted by atomic mass is 35.5. The summed E-state index contributed by atoms with van der Waals surface area (Å²) < 4.78 is 21.8. The number of halogens is 2. The third-order valence-corrected chi connectivity index (χ3v) is 4.73. The van der Waals surface area contributed by atoms with E-state index < -0.39 is 11.8 Å². The number of para-hydroxylation sites is 1. The van der Waals surface area contributed by atoms with Crippen molar-refractivity contribution >= 4 is 23.3 Å². The summed E-state index contributed by atoms with van der Waals surface area (Å²) in [6.07, 6.45) is 6.03. The zero-order chi connectivity index (χ0) is 21.3. The van der Waals surface area contributed by atoms with Crippen LogP contribution in [-0.4, -0.2) is 33.6 Å². The average Bonchev–Trinajstić information content (AvgIpc) is 3.24. The lowest BCUT2D eigenvalue weighted by Gasteiger charge is -2.24. The number of carbonyl (C=O) groups excluding carboxylic acids is 1. The quantitative estimate of drug-likeness (QED) is 0.507. The molecular weight excluding hydrogens is 407 g/mol. The van der Waals surface area contributed by atoms with Crippen LogP contribution in [0.3, 0.4) is 0 Å². The molecule has 0 radical (unpaired) electrons. The number of hydrogen-bond acceptors (Lipinski definition) is 3. The van der Waals surface area contributed by atoms with E-state index in [-0.39, 0.29) is 10.7 Å². The summed E-state index contributed by atoms with van der Waals surface area (Å²) in [5, 5.41) is 2.92. The van der Waals surface area contributed by atoms with E-state index >= 15 is 0 Å². The van der Waals surface area contributed by atoms with Crippen LogP contribution >= 0.6 is 11.6 Å². The van der Waals surface area contributed by atoms with Crippen molar-refractivity contribution in [3.8, 4) is 5.75 Å². The molecule has 1 aromatic heterocycles. The van der Waals surface area contributed by atoms with Crippen LogP contribution in [0, 0.1) is 5.82 Å². The van der Waals surface area contributed by atoms with Crippen LogP contribution in [0.4, 0.5) is 14.9 Å². The zero-order valence-corrected chi connectivity index (χ0v) is 17.5. The SMILES string of the molecule is CCOc1ccccc1CN(CCCn1ccnc1)C(=O)Nc1ccc(Cl)cc1F. The number of urea groups is 1. The second kappa shape index (κ2) is 10.6. The first kappa shape index (κ1) is 21.6.